The van der Waals surface area contributed by atoms with Crippen molar-refractivity contribution in [1.29, 1.82) is 0 Å². The van der Waals surface area contributed by atoms with Crippen molar-refractivity contribution in [3.63, 3.8) is 0 Å². The molecule has 0 aliphatic carbocycles. The first-order valence-electron chi connectivity index (χ1n) is 5.48. The lowest BCUT2D eigenvalue weighted by atomic mass is 10.3. The zero-order chi connectivity index (χ0) is 10.4. The van der Waals surface area contributed by atoms with Crippen LogP contribution < -0.4 is 5.32 Å². The maximum absolute atomic E-state index is 4.32. The highest BCUT2D eigenvalue weighted by molar-refractivity contribution is 5.00. The van der Waals surface area contributed by atoms with E-state index in [4.69, 9.17) is 0 Å². The van der Waals surface area contributed by atoms with E-state index in [-0.39, 0.29) is 0 Å². The first-order valence-corrected chi connectivity index (χ1v) is 5.48. The number of imidazole rings is 1. The second kappa shape index (κ2) is 5.81. The number of aromatic nitrogens is 2. The largest absolute Gasteiger partial charge is 0.346 e. The van der Waals surface area contributed by atoms with Crippen LogP contribution >= 0.6 is 0 Å². The van der Waals surface area contributed by atoms with Gasteiger partial charge in [-0.1, -0.05) is 20.8 Å². The number of H-pyrrole nitrogens is 1. The van der Waals surface area contributed by atoms with E-state index < -0.39 is 0 Å². The van der Waals surface area contributed by atoms with Gasteiger partial charge in [-0.15, -0.1) is 0 Å². The normalized spacial score (nSPS) is 11.1. The van der Waals surface area contributed by atoms with E-state index in [1.807, 2.05) is 6.20 Å². The van der Waals surface area contributed by atoms with Crippen LogP contribution in [-0.4, -0.2) is 22.6 Å². The van der Waals surface area contributed by atoms with Gasteiger partial charge in [0.2, 0.25) is 0 Å². The maximum Gasteiger partial charge on any atom is 0.106 e. The summed E-state index contributed by atoms with van der Waals surface area (Å²) in [7, 11) is 0. The molecule has 80 valence electrons. The van der Waals surface area contributed by atoms with Crippen LogP contribution in [0.15, 0.2) is 6.20 Å². The topological polar surface area (TPSA) is 40.7 Å². The Morgan fingerprint density at radius 2 is 2.29 bits per heavy atom. The van der Waals surface area contributed by atoms with E-state index in [9.17, 15) is 0 Å². The van der Waals surface area contributed by atoms with Crippen LogP contribution in [0.4, 0.5) is 0 Å². The quantitative estimate of drug-likeness (QED) is 0.681. The first-order chi connectivity index (χ1) is 6.72. The summed E-state index contributed by atoms with van der Waals surface area (Å²) in [4.78, 5) is 7.63. The summed E-state index contributed by atoms with van der Waals surface area (Å²) in [6, 6.07) is 0.581. The van der Waals surface area contributed by atoms with Crippen molar-refractivity contribution < 1.29 is 0 Å². The predicted octanol–water partition coefficient (Wildman–Crippen LogP) is 1.90. The van der Waals surface area contributed by atoms with Gasteiger partial charge in [0, 0.05) is 24.4 Å². The molecule has 1 rings (SSSR count). The number of hydrogen-bond donors (Lipinski definition) is 2. The fourth-order valence-electron chi connectivity index (χ4n) is 1.36. The highest BCUT2D eigenvalue weighted by atomic mass is 14.9. The average molecular weight is 195 g/mol. The fraction of sp³-hybridized carbons (Fsp3) is 0.727. The minimum absolute atomic E-state index is 0.581. The van der Waals surface area contributed by atoms with Gasteiger partial charge in [-0.25, -0.2) is 4.98 Å². The Bertz CT molecular complexity index is 253. The molecule has 0 aliphatic rings. The number of aromatic amines is 1. The average Bonchev–Trinajstić information content (AvgIpc) is 2.60. The van der Waals surface area contributed by atoms with Gasteiger partial charge in [0.1, 0.15) is 5.82 Å². The predicted molar refractivity (Wildman–Crippen MR) is 59.4 cm³/mol. The lowest BCUT2D eigenvalue weighted by Crippen LogP contribution is -2.24. The van der Waals surface area contributed by atoms with Gasteiger partial charge in [-0.3, -0.25) is 0 Å². The Balaban J connectivity index is 2.18. The van der Waals surface area contributed by atoms with Crippen LogP contribution in [0.2, 0.25) is 0 Å². The van der Waals surface area contributed by atoms with E-state index in [1.54, 1.807) is 0 Å². The van der Waals surface area contributed by atoms with Gasteiger partial charge >= 0.3 is 0 Å². The molecule has 1 aromatic rings. The highest BCUT2D eigenvalue weighted by Crippen LogP contribution is 2.00. The number of nitrogens with zero attached hydrogens (tertiary/aromatic N) is 1. The van der Waals surface area contributed by atoms with Gasteiger partial charge < -0.3 is 10.3 Å². The molecular weight excluding hydrogens is 174 g/mol. The molecule has 1 aromatic heterocycles. The maximum atomic E-state index is 4.32. The molecule has 0 fully saturated rings. The summed E-state index contributed by atoms with van der Waals surface area (Å²) in [5, 5.41) is 3.39. The van der Waals surface area contributed by atoms with Crippen LogP contribution in [0.1, 0.15) is 38.7 Å². The van der Waals surface area contributed by atoms with Crippen molar-refractivity contribution in [2.45, 2.75) is 46.1 Å². The summed E-state index contributed by atoms with van der Waals surface area (Å²) >= 11 is 0. The van der Waals surface area contributed by atoms with Gasteiger partial charge in [-0.05, 0) is 19.4 Å². The lowest BCUT2D eigenvalue weighted by molar-refractivity contribution is 0.566. The van der Waals surface area contributed by atoms with Crippen LogP contribution in [0, 0.1) is 0 Å². The smallest absolute Gasteiger partial charge is 0.106 e. The van der Waals surface area contributed by atoms with Gasteiger partial charge in [-0.2, -0.15) is 0 Å². The zero-order valence-corrected chi connectivity index (χ0v) is 9.43. The molecule has 0 spiro atoms. The number of nitrogens with one attached hydrogen (secondary N) is 2. The monoisotopic (exact) mass is 195 g/mol. The lowest BCUT2D eigenvalue weighted by Gasteiger charge is -2.06. The minimum Gasteiger partial charge on any atom is -0.346 e. The Hall–Kier alpha value is -0.830. The number of aryl methyl sites for hydroxylation is 2. The molecule has 0 unspecified atom stereocenters. The highest BCUT2D eigenvalue weighted by Gasteiger charge is 1.98. The molecule has 0 saturated carbocycles. The number of rotatable bonds is 6. The summed E-state index contributed by atoms with van der Waals surface area (Å²) in [5.74, 6) is 1.12. The van der Waals surface area contributed by atoms with Crippen molar-refractivity contribution in [1.82, 2.24) is 15.3 Å². The van der Waals surface area contributed by atoms with E-state index in [0.717, 1.165) is 31.6 Å². The molecule has 0 bridgehead atoms. The second-order valence-electron chi connectivity index (χ2n) is 3.92. The van der Waals surface area contributed by atoms with Crippen LogP contribution in [0.25, 0.3) is 0 Å². The van der Waals surface area contributed by atoms with Crippen LogP contribution in [-0.2, 0) is 12.8 Å². The zero-order valence-electron chi connectivity index (χ0n) is 9.43. The SMILES string of the molecule is CCc1cnc(CCCNC(C)C)[nH]1. The molecule has 3 nitrogen and oxygen atoms in total. The van der Waals surface area contributed by atoms with Crippen LogP contribution in [0.3, 0.4) is 0 Å². The van der Waals surface area contributed by atoms with Crippen LogP contribution in [0.5, 0.6) is 0 Å². The molecule has 1 heterocycles. The summed E-state index contributed by atoms with van der Waals surface area (Å²) < 4.78 is 0. The van der Waals surface area contributed by atoms with E-state index >= 15 is 0 Å². The fourth-order valence-corrected chi connectivity index (χ4v) is 1.36. The molecule has 0 amide bonds. The third kappa shape index (κ3) is 3.92. The van der Waals surface area contributed by atoms with Crippen molar-refractivity contribution in [3.8, 4) is 0 Å². The summed E-state index contributed by atoms with van der Waals surface area (Å²) in [5.41, 5.74) is 1.23. The van der Waals surface area contributed by atoms with E-state index in [2.05, 4.69) is 36.1 Å². The number of hydrogen-bond acceptors (Lipinski definition) is 2. The molecule has 0 saturated heterocycles. The molecule has 0 aromatic carbocycles. The van der Waals surface area contributed by atoms with Crippen molar-refractivity contribution in [2.24, 2.45) is 0 Å². The van der Waals surface area contributed by atoms with Crippen molar-refractivity contribution in [3.05, 3.63) is 17.7 Å². The Kier molecular flexibility index (Phi) is 4.66. The standard InChI is InChI=1S/C11H21N3/c1-4-10-8-13-11(14-10)6-5-7-12-9(2)3/h8-9,12H,4-7H2,1-3H3,(H,13,14). The van der Waals surface area contributed by atoms with Crippen molar-refractivity contribution >= 4 is 0 Å². The third-order valence-electron chi connectivity index (χ3n) is 2.20. The Morgan fingerprint density at radius 3 is 2.86 bits per heavy atom. The molecular formula is C11H21N3. The molecule has 0 radical (unpaired) electrons. The molecule has 14 heavy (non-hydrogen) atoms. The summed E-state index contributed by atoms with van der Waals surface area (Å²) in [6.07, 6.45) is 5.16. The summed E-state index contributed by atoms with van der Waals surface area (Å²) in [6.45, 7) is 7.54. The molecule has 2 N–H and O–H groups in total. The van der Waals surface area contributed by atoms with Gasteiger partial charge in [0.05, 0.1) is 0 Å². The molecule has 0 atom stereocenters. The molecule has 3 heteroatoms. The Labute approximate surface area is 86.3 Å². The first kappa shape index (κ1) is 11.2. The van der Waals surface area contributed by atoms with Gasteiger partial charge in [0.25, 0.3) is 0 Å². The third-order valence-corrected chi connectivity index (χ3v) is 2.20. The van der Waals surface area contributed by atoms with Gasteiger partial charge in [0.15, 0.2) is 0 Å². The molecule has 0 aliphatic heterocycles. The van der Waals surface area contributed by atoms with Crippen molar-refractivity contribution in [2.75, 3.05) is 6.54 Å². The minimum atomic E-state index is 0.581. The van der Waals surface area contributed by atoms with E-state index in [1.165, 1.54) is 5.69 Å². The second-order valence-corrected chi connectivity index (χ2v) is 3.92. The Morgan fingerprint density at radius 1 is 1.50 bits per heavy atom. The van der Waals surface area contributed by atoms with E-state index in [0.29, 0.717) is 6.04 Å².